The van der Waals surface area contributed by atoms with E-state index in [2.05, 4.69) is 5.32 Å². The van der Waals surface area contributed by atoms with Crippen molar-refractivity contribution in [3.63, 3.8) is 0 Å². The first-order valence-corrected chi connectivity index (χ1v) is 8.92. The number of anilines is 1. The van der Waals surface area contributed by atoms with Gasteiger partial charge in [-0.15, -0.1) is 0 Å². The summed E-state index contributed by atoms with van der Waals surface area (Å²) >= 11 is 0. The Hall–Kier alpha value is -2.18. The Morgan fingerprint density at radius 2 is 1.14 bits per heavy atom. The van der Waals surface area contributed by atoms with E-state index in [4.69, 9.17) is 0 Å². The van der Waals surface area contributed by atoms with Crippen molar-refractivity contribution in [3.05, 3.63) is 84.9 Å². The van der Waals surface area contributed by atoms with Gasteiger partial charge in [0.15, 0.2) is 5.30 Å². The van der Waals surface area contributed by atoms with Gasteiger partial charge < -0.3 is 5.32 Å². The van der Waals surface area contributed by atoms with Crippen molar-refractivity contribution in [2.45, 2.75) is 0 Å². The van der Waals surface area contributed by atoms with Crippen molar-refractivity contribution < 1.29 is 4.20 Å². The van der Waals surface area contributed by atoms with Crippen LogP contribution in [0.25, 0.3) is 0 Å². The van der Waals surface area contributed by atoms with Gasteiger partial charge in [0.25, 0.3) is 0 Å². The van der Waals surface area contributed by atoms with Crippen LogP contribution in [0.4, 0.5) is 9.88 Å². The molecular weight excluding hydrogens is 292 g/mol. The van der Waals surface area contributed by atoms with Gasteiger partial charge in [0.2, 0.25) is 0 Å². The van der Waals surface area contributed by atoms with Gasteiger partial charge in [0, 0.05) is 7.05 Å². The molecule has 0 aliphatic rings. The van der Waals surface area contributed by atoms with Crippen LogP contribution >= 0.6 is 7.57 Å². The van der Waals surface area contributed by atoms with Crippen LogP contribution in [0.1, 0.15) is 0 Å². The number of hydrogen-bond acceptors (Lipinski definition) is 1. The minimum atomic E-state index is -3.14. The van der Waals surface area contributed by atoms with Gasteiger partial charge in [-0.25, -0.2) is 0 Å². The zero-order chi connectivity index (χ0) is 15.4. The van der Waals surface area contributed by atoms with Gasteiger partial charge in [-0.05, 0) is 40.6 Å². The second kappa shape index (κ2) is 6.29. The van der Waals surface area contributed by atoms with E-state index in [1.165, 1.54) is 0 Å². The molecule has 0 aliphatic heterocycles. The van der Waals surface area contributed by atoms with Crippen LogP contribution in [-0.4, -0.2) is 7.05 Å². The third-order valence-electron chi connectivity index (χ3n) is 3.73. The first kappa shape index (κ1) is 14.7. The van der Waals surface area contributed by atoms with Crippen LogP contribution in [0.2, 0.25) is 0 Å². The van der Waals surface area contributed by atoms with Crippen LogP contribution < -0.4 is 21.2 Å². The molecule has 3 heteroatoms. The maximum Gasteiger partial charge on any atom is 0.301 e. The molecule has 3 rings (SSSR count). The van der Waals surface area contributed by atoms with E-state index in [1.807, 2.05) is 92.0 Å². The van der Waals surface area contributed by atoms with Crippen molar-refractivity contribution in [1.82, 2.24) is 0 Å². The quantitative estimate of drug-likeness (QED) is 0.721. The lowest BCUT2D eigenvalue weighted by molar-refractivity contribution is 0.901. The molecule has 0 saturated carbocycles. The Kier molecular flexibility index (Phi) is 4.22. The van der Waals surface area contributed by atoms with Crippen molar-refractivity contribution in [2.24, 2.45) is 0 Å². The lowest BCUT2D eigenvalue weighted by Crippen LogP contribution is -2.29. The fourth-order valence-corrected chi connectivity index (χ4v) is 5.48. The second-order valence-electron chi connectivity index (χ2n) is 5.03. The standard InChI is InChI=1S/C19H18FNP/c1-21-18-14-8-9-15-19(18)22(20,16-10-4-2-5-11-16)17-12-6-3-7-13-17/h2-15,21H,1H3/q+1. The van der Waals surface area contributed by atoms with Gasteiger partial charge in [-0.3, -0.25) is 0 Å². The predicted molar refractivity (Wildman–Crippen MR) is 95.8 cm³/mol. The third kappa shape index (κ3) is 2.51. The van der Waals surface area contributed by atoms with Crippen molar-refractivity contribution in [3.8, 4) is 0 Å². The highest BCUT2D eigenvalue weighted by Gasteiger charge is 2.49. The first-order valence-electron chi connectivity index (χ1n) is 7.24. The fourth-order valence-electron chi connectivity index (χ4n) is 2.65. The summed E-state index contributed by atoms with van der Waals surface area (Å²) in [4.78, 5) is 0. The van der Waals surface area contributed by atoms with E-state index < -0.39 is 7.57 Å². The van der Waals surface area contributed by atoms with Gasteiger partial charge in [0.05, 0.1) is 5.69 Å². The Morgan fingerprint density at radius 1 is 0.682 bits per heavy atom. The number of benzene rings is 3. The summed E-state index contributed by atoms with van der Waals surface area (Å²) in [7, 11) is -1.31. The Labute approximate surface area is 131 Å². The van der Waals surface area contributed by atoms with Crippen LogP contribution in [0.15, 0.2) is 84.9 Å². The summed E-state index contributed by atoms with van der Waals surface area (Å²) in [5.74, 6) is 0. The summed E-state index contributed by atoms with van der Waals surface area (Å²) in [5.41, 5.74) is 0.839. The molecule has 0 saturated heterocycles. The lowest BCUT2D eigenvalue weighted by Gasteiger charge is -2.19. The molecular formula is C19H18FNP+. The smallest absolute Gasteiger partial charge is 0.301 e. The Morgan fingerprint density at radius 3 is 1.64 bits per heavy atom. The van der Waals surface area contributed by atoms with Gasteiger partial charge in [0.1, 0.15) is 10.6 Å². The minimum absolute atomic E-state index is 0.731. The van der Waals surface area contributed by atoms with Gasteiger partial charge in [-0.1, -0.05) is 48.5 Å². The molecule has 22 heavy (non-hydrogen) atoms. The number of para-hydroxylation sites is 1. The molecule has 0 bridgehead atoms. The molecule has 0 atom stereocenters. The highest BCUT2D eigenvalue weighted by molar-refractivity contribution is 7.91. The van der Waals surface area contributed by atoms with Crippen molar-refractivity contribution in [1.29, 1.82) is 0 Å². The molecule has 0 heterocycles. The summed E-state index contributed by atoms with van der Waals surface area (Å²) in [6.07, 6.45) is 0. The molecule has 0 amide bonds. The minimum Gasteiger partial charge on any atom is -0.385 e. The monoisotopic (exact) mass is 310 g/mol. The average molecular weight is 310 g/mol. The lowest BCUT2D eigenvalue weighted by atomic mass is 10.3. The molecule has 3 aromatic rings. The summed E-state index contributed by atoms with van der Waals surface area (Å²) in [6, 6.07) is 26.6. The van der Waals surface area contributed by atoms with E-state index in [1.54, 1.807) is 0 Å². The predicted octanol–water partition coefficient (Wildman–Crippen LogP) is 3.91. The van der Waals surface area contributed by atoms with E-state index in [9.17, 15) is 0 Å². The summed E-state index contributed by atoms with van der Waals surface area (Å²) in [6.45, 7) is 0. The zero-order valence-corrected chi connectivity index (χ0v) is 13.3. The normalized spacial score (nSPS) is 11.2. The van der Waals surface area contributed by atoms with Crippen LogP contribution in [-0.2, 0) is 0 Å². The SMILES string of the molecule is CNc1ccccc1[P+](F)(c1ccccc1)c1ccccc1. The fraction of sp³-hybridized carbons (Fsp3) is 0.0526. The van der Waals surface area contributed by atoms with Gasteiger partial charge in [-0.2, -0.15) is 0 Å². The van der Waals surface area contributed by atoms with Gasteiger partial charge >= 0.3 is 7.57 Å². The number of halogens is 1. The van der Waals surface area contributed by atoms with E-state index in [-0.39, 0.29) is 0 Å². The molecule has 0 spiro atoms. The second-order valence-corrected chi connectivity index (χ2v) is 7.72. The van der Waals surface area contributed by atoms with Crippen LogP contribution in [0, 0.1) is 0 Å². The first-order chi connectivity index (χ1) is 10.8. The summed E-state index contributed by atoms with van der Waals surface area (Å²) in [5, 5.41) is 5.34. The Bertz CT molecular complexity index is 704. The van der Waals surface area contributed by atoms with Crippen LogP contribution in [0.5, 0.6) is 0 Å². The van der Waals surface area contributed by atoms with E-state index >= 15 is 4.20 Å². The molecule has 0 radical (unpaired) electrons. The topological polar surface area (TPSA) is 12.0 Å². The molecule has 1 N–H and O–H groups in total. The largest absolute Gasteiger partial charge is 0.385 e. The molecule has 110 valence electrons. The maximum atomic E-state index is 16.5. The maximum absolute atomic E-state index is 16.5. The number of hydrogen-bond donors (Lipinski definition) is 1. The van der Waals surface area contributed by atoms with Crippen molar-refractivity contribution >= 4 is 29.2 Å². The average Bonchev–Trinajstić information content (AvgIpc) is 2.62. The number of rotatable bonds is 4. The molecule has 3 aromatic carbocycles. The van der Waals surface area contributed by atoms with E-state index in [0.717, 1.165) is 21.6 Å². The number of nitrogens with one attached hydrogen (secondary N) is 1. The van der Waals surface area contributed by atoms with Crippen molar-refractivity contribution in [2.75, 3.05) is 12.4 Å². The highest BCUT2D eigenvalue weighted by atomic mass is 31.2. The molecule has 0 aliphatic carbocycles. The Balaban J connectivity index is 2.29. The molecule has 1 nitrogen and oxygen atoms in total. The third-order valence-corrected chi connectivity index (χ3v) is 6.80. The highest BCUT2D eigenvalue weighted by Crippen LogP contribution is 2.58. The van der Waals surface area contributed by atoms with Crippen LogP contribution in [0.3, 0.4) is 0 Å². The van der Waals surface area contributed by atoms with E-state index in [0.29, 0.717) is 0 Å². The molecule has 0 unspecified atom stereocenters. The molecule has 0 fully saturated rings. The molecule has 0 aromatic heterocycles. The zero-order valence-electron chi connectivity index (χ0n) is 12.4. The summed E-state index contributed by atoms with van der Waals surface area (Å²) < 4.78 is 16.5.